The average molecular weight is 308 g/mol. The number of carbonyl (C=O) groups excluding carboxylic acids is 1. The van der Waals surface area contributed by atoms with Gasteiger partial charge in [-0.05, 0) is 36.2 Å². The Hall–Kier alpha value is -2.80. The zero-order chi connectivity index (χ0) is 16.5. The smallest absolute Gasteiger partial charge is 0.253 e. The number of benzene rings is 2. The van der Waals surface area contributed by atoms with E-state index < -0.39 is 0 Å². The molecular formula is C19H20N2O2. The number of hydrogen-bond acceptors (Lipinski definition) is 3. The van der Waals surface area contributed by atoms with Crippen molar-refractivity contribution in [1.29, 1.82) is 5.26 Å². The van der Waals surface area contributed by atoms with Crippen LogP contribution < -0.4 is 4.74 Å². The van der Waals surface area contributed by atoms with E-state index >= 15 is 0 Å². The van der Waals surface area contributed by atoms with Crippen molar-refractivity contribution in [1.82, 2.24) is 4.90 Å². The lowest BCUT2D eigenvalue weighted by atomic mass is 10.1. The third-order valence-corrected chi connectivity index (χ3v) is 3.63. The van der Waals surface area contributed by atoms with Gasteiger partial charge in [-0.3, -0.25) is 4.79 Å². The molecule has 0 atom stereocenters. The average Bonchev–Trinajstić information content (AvgIpc) is 2.62. The van der Waals surface area contributed by atoms with Crippen molar-refractivity contribution in [2.45, 2.75) is 12.8 Å². The van der Waals surface area contributed by atoms with E-state index in [-0.39, 0.29) is 5.91 Å². The van der Waals surface area contributed by atoms with Gasteiger partial charge in [0.05, 0.1) is 19.6 Å². The van der Waals surface area contributed by atoms with Gasteiger partial charge in [0.2, 0.25) is 0 Å². The molecule has 0 fully saturated rings. The van der Waals surface area contributed by atoms with Crippen molar-refractivity contribution in [3.05, 3.63) is 65.7 Å². The lowest BCUT2D eigenvalue weighted by Gasteiger charge is -2.22. The van der Waals surface area contributed by atoms with Crippen LogP contribution in [0.15, 0.2) is 54.6 Å². The highest BCUT2D eigenvalue weighted by Crippen LogP contribution is 2.14. The van der Waals surface area contributed by atoms with Crippen molar-refractivity contribution >= 4 is 5.91 Å². The molecule has 0 spiro atoms. The lowest BCUT2D eigenvalue weighted by Crippen LogP contribution is -2.33. The first-order valence-electron chi connectivity index (χ1n) is 7.59. The van der Waals surface area contributed by atoms with Gasteiger partial charge >= 0.3 is 0 Å². The topological polar surface area (TPSA) is 53.3 Å². The number of nitrogens with zero attached hydrogens (tertiary/aromatic N) is 2. The first-order chi connectivity index (χ1) is 11.2. The maximum Gasteiger partial charge on any atom is 0.253 e. The van der Waals surface area contributed by atoms with Crippen LogP contribution in [-0.4, -0.2) is 31.0 Å². The van der Waals surface area contributed by atoms with Crippen LogP contribution in [0.3, 0.4) is 0 Å². The van der Waals surface area contributed by atoms with Crippen LogP contribution in [0.25, 0.3) is 0 Å². The van der Waals surface area contributed by atoms with Crippen LogP contribution in [0, 0.1) is 11.3 Å². The molecule has 0 bridgehead atoms. The zero-order valence-corrected chi connectivity index (χ0v) is 13.2. The van der Waals surface area contributed by atoms with E-state index in [1.54, 1.807) is 36.3 Å². The second kappa shape index (κ2) is 8.60. The summed E-state index contributed by atoms with van der Waals surface area (Å²) in [6, 6.07) is 19.2. The van der Waals surface area contributed by atoms with Crippen LogP contribution in [0.2, 0.25) is 0 Å². The predicted octanol–water partition coefficient (Wildman–Crippen LogP) is 3.29. The lowest BCUT2D eigenvalue weighted by molar-refractivity contribution is 0.0761. The monoisotopic (exact) mass is 308 g/mol. The fourth-order valence-electron chi connectivity index (χ4n) is 2.32. The number of nitriles is 1. The van der Waals surface area contributed by atoms with Crippen molar-refractivity contribution in [2.24, 2.45) is 0 Å². The zero-order valence-electron chi connectivity index (χ0n) is 13.2. The largest absolute Gasteiger partial charge is 0.497 e. The summed E-state index contributed by atoms with van der Waals surface area (Å²) in [5, 5.41) is 8.82. The fourth-order valence-corrected chi connectivity index (χ4v) is 2.32. The molecule has 118 valence electrons. The molecule has 0 saturated carbocycles. The maximum atomic E-state index is 12.6. The van der Waals surface area contributed by atoms with E-state index in [9.17, 15) is 4.79 Å². The molecule has 0 aliphatic rings. The quantitative estimate of drug-likeness (QED) is 0.788. The van der Waals surface area contributed by atoms with Gasteiger partial charge in [0.15, 0.2) is 0 Å². The fraction of sp³-hybridized carbons (Fsp3) is 0.263. The Balaban J connectivity index is 2.06. The summed E-state index contributed by atoms with van der Waals surface area (Å²) in [5.74, 6) is 0.660. The normalized spacial score (nSPS) is 9.91. The number of hydrogen-bond donors (Lipinski definition) is 0. The molecule has 0 aliphatic heterocycles. The molecule has 2 rings (SSSR count). The second-order valence-corrected chi connectivity index (χ2v) is 5.16. The number of rotatable bonds is 7. The molecule has 0 heterocycles. The minimum absolute atomic E-state index is 0.0566. The van der Waals surface area contributed by atoms with E-state index in [0.717, 1.165) is 12.2 Å². The molecule has 0 radical (unpaired) electrons. The molecule has 1 amide bonds. The number of methoxy groups -OCH3 is 1. The van der Waals surface area contributed by atoms with Gasteiger partial charge in [-0.2, -0.15) is 5.26 Å². The highest BCUT2D eigenvalue weighted by molar-refractivity contribution is 5.94. The summed E-state index contributed by atoms with van der Waals surface area (Å²) in [6.45, 7) is 1.03. The molecule has 0 unspecified atom stereocenters. The van der Waals surface area contributed by atoms with Gasteiger partial charge in [0.25, 0.3) is 5.91 Å². The Kier molecular flexibility index (Phi) is 6.19. The van der Waals surface area contributed by atoms with Gasteiger partial charge in [0.1, 0.15) is 5.75 Å². The minimum Gasteiger partial charge on any atom is -0.497 e. The number of amides is 1. The van der Waals surface area contributed by atoms with Gasteiger partial charge in [-0.15, -0.1) is 0 Å². The summed E-state index contributed by atoms with van der Waals surface area (Å²) in [6.07, 6.45) is 1.10. The van der Waals surface area contributed by atoms with E-state index in [0.29, 0.717) is 25.1 Å². The Labute approximate surface area is 136 Å². The molecule has 2 aromatic rings. The highest BCUT2D eigenvalue weighted by atomic mass is 16.5. The van der Waals surface area contributed by atoms with E-state index in [4.69, 9.17) is 10.00 Å². The van der Waals surface area contributed by atoms with Gasteiger partial charge in [0, 0.05) is 18.7 Å². The predicted molar refractivity (Wildman–Crippen MR) is 89.3 cm³/mol. The van der Waals surface area contributed by atoms with Crippen molar-refractivity contribution in [3.8, 4) is 11.8 Å². The SMILES string of the molecule is COc1ccc(C(=O)N(CCC#N)CCc2ccccc2)cc1. The van der Waals surface area contributed by atoms with Gasteiger partial charge < -0.3 is 9.64 Å². The molecule has 0 aliphatic carbocycles. The highest BCUT2D eigenvalue weighted by Gasteiger charge is 2.15. The van der Waals surface area contributed by atoms with Crippen molar-refractivity contribution in [3.63, 3.8) is 0 Å². The van der Waals surface area contributed by atoms with E-state index in [2.05, 4.69) is 6.07 Å². The van der Waals surface area contributed by atoms with Crippen molar-refractivity contribution in [2.75, 3.05) is 20.2 Å². The van der Waals surface area contributed by atoms with Crippen LogP contribution in [0.4, 0.5) is 0 Å². The molecular weight excluding hydrogens is 288 g/mol. The van der Waals surface area contributed by atoms with Crippen molar-refractivity contribution < 1.29 is 9.53 Å². The first kappa shape index (κ1) is 16.6. The molecule has 0 N–H and O–H groups in total. The minimum atomic E-state index is -0.0566. The van der Waals surface area contributed by atoms with Crippen LogP contribution in [0.5, 0.6) is 5.75 Å². The molecule has 4 heteroatoms. The Morgan fingerprint density at radius 2 is 1.78 bits per heavy atom. The number of carbonyl (C=O) groups is 1. The molecule has 2 aromatic carbocycles. The summed E-state index contributed by atoms with van der Waals surface area (Å²) >= 11 is 0. The van der Waals surface area contributed by atoms with Gasteiger partial charge in [-0.1, -0.05) is 30.3 Å². The Bertz CT molecular complexity index is 660. The summed E-state index contributed by atoms with van der Waals surface area (Å²) in [4.78, 5) is 14.4. The third kappa shape index (κ3) is 4.86. The number of ether oxygens (including phenoxy) is 1. The molecule has 0 aromatic heterocycles. The third-order valence-electron chi connectivity index (χ3n) is 3.63. The standard InChI is InChI=1S/C19H20N2O2/c1-23-18-10-8-17(9-11-18)19(22)21(14-5-13-20)15-12-16-6-3-2-4-7-16/h2-4,6-11H,5,12,14-15H2,1H3. The molecule has 0 saturated heterocycles. The molecule has 4 nitrogen and oxygen atoms in total. The van der Waals surface area contributed by atoms with Crippen LogP contribution in [0.1, 0.15) is 22.3 Å². The van der Waals surface area contributed by atoms with E-state index in [1.807, 2.05) is 30.3 Å². The summed E-state index contributed by atoms with van der Waals surface area (Å²) in [5.41, 5.74) is 1.79. The van der Waals surface area contributed by atoms with Crippen LogP contribution >= 0.6 is 0 Å². The first-order valence-corrected chi connectivity index (χ1v) is 7.59. The Morgan fingerprint density at radius 3 is 2.39 bits per heavy atom. The maximum absolute atomic E-state index is 12.6. The summed E-state index contributed by atoms with van der Waals surface area (Å²) in [7, 11) is 1.59. The second-order valence-electron chi connectivity index (χ2n) is 5.16. The summed E-state index contributed by atoms with van der Waals surface area (Å²) < 4.78 is 5.11. The van der Waals surface area contributed by atoms with E-state index in [1.165, 1.54) is 5.56 Å². The Morgan fingerprint density at radius 1 is 1.09 bits per heavy atom. The van der Waals surface area contributed by atoms with Gasteiger partial charge in [-0.25, -0.2) is 0 Å². The van der Waals surface area contributed by atoms with Crippen LogP contribution in [-0.2, 0) is 6.42 Å². The molecule has 23 heavy (non-hydrogen) atoms.